The second-order valence-electron chi connectivity index (χ2n) is 3.07. The van der Waals surface area contributed by atoms with Crippen molar-refractivity contribution in [2.75, 3.05) is 0 Å². The Hall–Kier alpha value is -1.40. The number of pyridine rings is 1. The lowest BCUT2D eigenvalue weighted by atomic mass is 10.0. The van der Waals surface area contributed by atoms with Gasteiger partial charge in [-0.15, -0.1) is 0 Å². The molecule has 0 radical (unpaired) electrons. The van der Waals surface area contributed by atoms with Crippen molar-refractivity contribution < 1.29 is 0 Å². The molecular formula is C11H7BrN2. The standard InChI is InChI=1S/C11H7BrN2/c1-7-10-6-14-5-8(4-13)9(10)2-3-11(7)12/h2-3,5-6H,1H3. The molecule has 2 aromatic rings. The van der Waals surface area contributed by atoms with Crippen molar-refractivity contribution in [1.29, 1.82) is 5.26 Å². The molecule has 1 aromatic carbocycles. The highest BCUT2D eigenvalue weighted by Crippen LogP contribution is 2.26. The van der Waals surface area contributed by atoms with E-state index in [1.54, 1.807) is 12.4 Å². The van der Waals surface area contributed by atoms with Crippen molar-refractivity contribution in [1.82, 2.24) is 4.98 Å². The average Bonchev–Trinajstić information content (AvgIpc) is 2.23. The monoisotopic (exact) mass is 246 g/mol. The van der Waals surface area contributed by atoms with Crippen molar-refractivity contribution in [2.45, 2.75) is 6.92 Å². The van der Waals surface area contributed by atoms with Gasteiger partial charge in [-0.3, -0.25) is 4.98 Å². The maximum Gasteiger partial charge on any atom is 0.101 e. The highest BCUT2D eigenvalue weighted by molar-refractivity contribution is 9.10. The van der Waals surface area contributed by atoms with Gasteiger partial charge in [-0.05, 0) is 18.6 Å². The summed E-state index contributed by atoms with van der Waals surface area (Å²) in [7, 11) is 0. The van der Waals surface area contributed by atoms with E-state index in [1.807, 2.05) is 19.1 Å². The molecule has 3 heteroatoms. The topological polar surface area (TPSA) is 36.7 Å². The number of nitriles is 1. The van der Waals surface area contributed by atoms with Crippen LogP contribution < -0.4 is 0 Å². The van der Waals surface area contributed by atoms with Gasteiger partial charge >= 0.3 is 0 Å². The van der Waals surface area contributed by atoms with Gasteiger partial charge in [-0.25, -0.2) is 0 Å². The molecule has 0 atom stereocenters. The van der Waals surface area contributed by atoms with Crippen molar-refractivity contribution in [3.63, 3.8) is 0 Å². The van der Waals surface area contributed by atoms with Crippen molar-refractivity contribution in [3.8, 4) is 6.07 Å². The van der Waals surface area contributed by atoms with E-state index >= 15 is 0 Å². The van der Waals surface area contributed by atoms with Crippen LogP contribution in [0.25, 0.3) is 10.8 Å². The Morgan fingerprint density at radius 3 is 2.79 bits per heavy atom. The molecule has 0 aliphatic heterocycles. The Morgan fingerprint density at radius 2 is 2.07 bits per heavy atom. The summed E-state index contributed by atoms with van der Waals surface area (Å²) in [4.78, 5) is 4.04. The van der Waals surface area contributed by atoms with Gasteiger partial charge in [0.25, 0.3) is 0 Å². The minimum Gasteiger partial charge on any atom is -0.263 e. The van der Waals surface area contributed by atoms with E-state index in [4.69, 9.17) is 5.26 Å². The van der Waals surface area contributed by atoms with E-state index in [0.29, 0.717) is 5.56 Å². The molecule has 0 aliphatic rings. The van der Waals surface area contributed by atoms with Gasteiger partial charge in [-0.2, -0.15) is 5.26 Å². The summed E-state index contributed by atoms with van der Waals surface area (Å²) in [5.74, 6) is 0. The van der Waals surface area contributed by atoms with Crippen LogP contribution in [-0.4, -0.2) is 4.98 Å². The number of fused-ring (bicyclic) bond motifs is 1. The third-order valence-electron chi connectivity index (χ3n) is 2.27. The van der Waals surface area contributed by atoms with Gasteiger partial charge in [0.2, 0.25) is 0 Å². The molecule has 0 unspecified atom stereocenters. The van der Waals surface area contributed by atoms with Gasteiger partial charge < -0.3 is 0 Å². The number of benzene rings is 1. The molecule has 1 aromatic heterocycles. The molecule has 1 heterocycles. The Balaban J connectivity index is 2.95. The van der Waals surface area contributed by atoms with Gasteiger partial charge in [0.1, 0.15) is 6.07 Å². The van der Waals surface area contributed by atoms with E-state index in [-0.39, 0.29) is 0 Å². The van der Waals surface area contributed by atoms with Crippen LogP contribution in [0.15, 0.2) is 29.0 Å². The van der Waals surface area contributed by atoms with Crippen LogP contribution in [0.1, 0.15) is 11.1 Å². The first-order chi connectivity index (χ1) is 6.74. The first kappa shape index (κ1) is 9.17. The SMILES string of the molecule is Cc1c(Br)ccc2c(C#N)cncc12. The van der Waals surface area contributed by atoms with E-state index in [1.165, 1.54) is 0 Å². The molecule has 68 valence electrons. The number of aromatic nitrogens is 1. The van der Waals surface area contributed by atoms with Gasteiger partial charge in [0.05, 0.1) is 5.56 Å². The number of hydrogen-bond acceptors (Lipinski definition) is 2. The lowest BCUT2D eigenvalue weighted by Crippen LogP contribution is -1.86. The maximum atomic E-state index is 8.89. The van der Waals surface area contributed by atoms with Gasteiger partial charge in [0.15, 0.2) is 0 Å². The largest absolute Gasteiger partial charge is 0.263 e. The molecule has 14 heavy (non-hydrogen) atoms. The lowest BCUT2D eigenvalue weighted by Gasteiger charge is -2.04. The summed E-state index contributed by atoms with van der Waals surface area (Å²) in [6.07, 6.45) is 3.38. The van der Waals surface area contributed by atoms with E-state index in [0.717, 1.165) is 20.8 Å². The molecule has 0 aliphatic carbocycles. The molecule has 2 rings (SSSR count). The second kappa shape index (κ2) is 3.39. The minimum atomic E-state index is 0.623. The Labute approximate surface area is 90.3 Å². The Morgan fingerprint density at radius 1 is 1.29 bits per heavy atom. The fourth-order valence-electron chi connectivity index (χ4n) is 1.45. The fourth-order valence-corrected chi connectivity index (χ4v) is 1.79. The summed E-state index contributed by atoms with van der Waals surface area (Å²) in [6.45, 7) is 2.01. The third kappa shape index (κ3) is 1.28. The highest BCUT2D eigenvalue weighted by Gasteiger charge is 2.04. The second-order valence-corrected chi connectivity index (χ2v) is 3.92. The Bertz CT molecular complexity index is 541. The van der Waals surface area contributed by atoms with Crippen LogP contribution in [0.2, 0.25) is 0 Å². The zero-order valence-electron chi connectivity index (χ0n) is 7.58. The van der Waals surface area contributed by atoms with Crippen LogP contribution in [0.5, 0.6) is 0 Å². The molecule has 2 nitrogen and oxygen atoms in total. The van der Waals surface area contributed by atoms with Crippen LogP contribution >= 0.6 is 15.9 Å². The number of halogens is 1. The maximum absolute atomic E-state index is 8.89. The molecule has 0 fully saturated rings. The van der Waals surface area contributed by atoms with Gasteiger partial charge in [-0.1, -0.05) is 22.0 Å². The van der Waals surface area contributed by atoms with Crippen molar-refractivity contribution >= 4 is 26.7 Å². The predicted molar refractivity (Wildman–Crippen MR) is 58.9 cm³/mol. The first-order valence-corrected chi connectivity index (χ1v) is 4.96. The molecule has 0 N–H and O–H groups in total. The zero-order valence-corrected chi connectivity index (χ0v) is 9.17. The first-order valence-electron chi connectivity index (χ1n) is 4.17. The molecule has 0 saturated carbocycles. The number of hydrogen-bond donors (Lipinski definition) is 0. The summed E-state index contributed by atoms with van der Waals surface area (Å²) in [5, 5.41) is 10.9. The van der Waals surface area contributed by atoms with Gasteiger partial charge in [0, 0.05) is 27.6 Å². The smallest absolute Gasteiger partial charge is 0.101 e. The molecular weight excluding hydrogens is 240 g/mol. The van der Waals surface area contributed by atoms with E-state index in [2.05, 4.69) is 27.0 Å². The average molecular weight is 247 g/mol. The number of rotatable bonds is 0. The number of nitrogens with zero attached hydrogens (tertiary/aromatic N) is 2. The molecule has 0 amide bonds. The minimum absolute atomic E-state index is 0.623. The quantitative estimate of drug-likeness (QED) is 0.716. The van der Waals surface area contributed by atoms with E-state index < -0.39 is 0 Å². The van der Waals surface area contributed by atoms with Crippen LogP contribution in [0, 0.1) is 18.3 Å². The highest BCUT2D eigenvalue weighted by atomic mass is 79.9. The summed E-state index contributed by atoms with van der Waals surface area (Å²) in [6, 6.07) is 6.03. The number of aryl methyl sites for hydroxylation is 1. The van der Waals surface area contributed by atoms with E-state index in [9.17, 15) is 0 Å². The molecule has 0 bridgehead atoms. The normalized spacial score (nSPS) is 10.1. The van der Waals surface area contributed by atoms with Crippen molar-refractivity contribution in [2.24, 2.45) is 0 Å². The third-order valence-corrected chi connectivity index (χ3v) is 3.13. The summed E-state index contributed by atoms with van der Waals surface area (Å²) >= 11 is 3.45. The Kier molecular flexibility index (Phi) is 2.22. The predicted octanol–water partition coefficient (Wildman–Crippen LogP) is 3.18. The zero-order chi connectivity index (χ0) is 10.1. The van der Waals surface area contributed by atoms with Crippen LogP contribution in [0.4, 0.5) is 0 Å². The summed E-state index contributed by atoms with van der Waals surface area (Å²) < 4.78 is 1.04. The molecule has 0 spiro atoms. The summed E-state index contributed by atoms with van der Waals surface area (Å²) in [5.41, 5.74) is 1.74. The van der Waals surface area contributed by atoms with Crippen LogP contribution in [-0.2, 0) is 0 Å². The molecule has 0 saturated heterocycles. The van der Waals surface area contributed by atoms with Crippen LogP contribution in [0.3, 0.4) is 0 Å². The fraction of sp³-hybridized carbons (Fsp3) is 0.0909. The lowest BCUT2D eigenvalue weighted by molar-refractivity contribution is 1.32. The van der Waals surface area contributed by atoms with Crippen molar-refractivity contribution in [3.05, 3.63) is 40.1 Å².